The molecular formula is C88H76Cl2N8Sn2. The molecule has 2 aliphatic rings. The van der Waals surface area contributed by atoms with E-state index in [1.54, 1.807) is 0 Å². The number of halogens is 2. The molecule has 0 saturated heterocycles. The van der Waals surface area contributed by atoms with Gasteiger partial charge in [0.05, 0.1) is 33.4 Å². The van der Waals surface area contributed by atoms with Gasteiger partial charge in [0.25, 0.3) is 0 Å². The van der Waals surface area contributed by atoms with Gasteiger partial charge in [-0.1, -0.05) is 75.1 Å². The average Bonchev–Trinajstić information content (AvgIpc) is 1.58. The second-order valence-corrected chi connectivity index (χ2v) is 25.6. The SMILES string of the molecule is CCCCCCCC.Cc1ccc([C+]2c3ccc([n-]3)-c3ccc([n-]3)[C+](c3ccc(C)cc3)c3ccc([n-]3)[C+](c3ccc(C)cc3)c3ccc2[n-]3)cc1.Cc1ccc([C+]2c3ccc([n-]3)-c3ccc([n-]3)[C+](c3ccc(C)cc3)c3ccc([n-]3)[C+](c3ccc(C)cc3)c3ccc2[n-]3)cc1.[Cl-].[Cl-].[Sn+2].[Sn+2]. The van der Waals surface area contributed by atoms with Crippen molar-refractivity contribution < 1.29 is 24.8 Å². The Morgan fingerprint density at radius 1 is 0.190 bits per heavy atom. The molecule has 490 valence electrons. The number of benzene rings is 6. The van der Waals surface area contributed by atoms with Crippen LogP contribution in [0.3, 0.4) is 0 Å². The fourth-order valence-corrected chi connectivity index (χ4v) is 12.9. The Labute approximate surface area is 637 Å². The van der Waals surface area contributed by atoms with Crippen LogP contribution in [-0.4, -0.2) is 47.8 Å². The first-order chi connectivity index (χ1) is 46.9. The molecule has 10 heterocycles. The average molecular weight is 1550 g/mol. The molecule has 4 radical (unpaired) electrons. The third-order valence-corrected chi connectivity index (χ3v) is 18.2. The molecule has 0 fully saturated rings. The summed E-state index contributed by atoms with van der Waals surface area (Å²) in [5.41, 5.74) is 27.6. The Hall–Kier alpha value is -9.04. The third kappa shape index (κ3) is 15.9. The van der Waals surface area contributed by atoms with Gasteiger partial charge >= 0.3 is 47.8 Å². The number of nitrogens with zero attached hydrogens (tertiary/aromatic N) is 8. The van der Waals surface area contributed by atoms with Gasteiger partial charge in [-0.05, 0) is 242 Å². The second kappa shape index (κ2) is 33.0. The number of hydrogen-bond acceptors (Lipinski definition) is 0. The van der Waals surface area contributed by atoms with Gasteiger partial charge in [0, 0.05) is 157 Å². The summed E-state index contributed by atoms with van der Waals surface area (Å²) < 4.78 is 0. The Morgan fingerprint density at radius 3 is 0.480 bits per heavy atom. The van der Waals surface area contributed by atoms with E-state index in [4.69, 9.17) is 39.9 Å². The number of rotatable bonds is 11. The first-order valence-corrected chi connectivity index (χ1v) is 33.7. The summed E-state index contributed by atoms with van der Waals surface area (Å²) in [4.78, 5) is 41.6. The molecular weight excluding hydrogens is 1480 g/mol. The Balaban J connectivity index is 0.000000188. The van der Waals surface area contributed by atoms with E-state index in [1.165, 1.54) is 71.9 Å². The molecule has 0 unspecified atom stereocenters. The van der Waals surface area contributed by atoms with Crippen molar-refractivity contribution in [3.05, 3.63) is 413 Å². The fraction of sp³-hybridized carbons (Fsp3) is 0.159. The van der Waals surface area contributed by atoms with E-state index in [0.29, 0.717) is 0 Å². The van der Waals surface area contributed by atoms with E-state index >= 15 is 0 Å². The Kier molecular flexibility index (Phi) is 24.3. The summed E-state index contributed by atoms with van der Waals surface area (Å²) in [5.74, 6) is 5.98. The summed E-state index contributed by atoms with van der Waals surface area (Å²) in [5, 5.41) is 0. The quantitative estimate of drug-likeness (QED) is 0.0715. The molecule has 0 amide bonds. The number of fused-ring (bicyclic) bond motifs is 18. The van der Waals surface area contributed by atoms with E-state index < -0.39 is 0 Å². The Bertz CT molecular complexity index is 4270. The summed E-state index contributed by atoms with van der Waals surface area (Å²) in [6, 6.07) is 84.9. The van der Waals surface area contributed by atoms with Crippen LogP contribution in [0, 0.1) is 77.0 Å². The van der Waals surface area contributed by atoms with Crippen LogP contribution in [-0.2, 0) is 0 Å². The van der Waals surface area contributed by atoms with Crippen molar-refractivity contribution >= 4 is 47.8 Å². The van der Waals surface area contributed by atoms with Crippen molar-refractivity contribution in [3.63, 3.8) is 0 Å². The van der Waals surface area contributed by atoms with Gasteiger partial charge in [0.1, 0.15) is 0 Å². The fourth-order valence-electron chi connectivity index (χ4n) is 12.9. The van der Waals surface area contributed by atoms with Gasteiger partial charge in [-0.2, -0.15) is 0 Å². The van der Waals surface area contributed by atoms with Gasteiger partial charge in [-0.15, -0.1) is 22.8 Å². The first-order valence-electron chi connectivity index (χ1n) is 33.7. The molecule has 0 saturated carbocycles. The maximum Gasteiger partial charge on any atom is 2.00 e. The predicted octanol–water partition coefficient (Wildman–Crippen LogP) is 11.6. The molecule has 0 atom stereocenters. The van der Waals surface area contributed by atoms with Crippen molar-refractivity contribution in [2.24, 2.45) is 0 Å². The summed E-state index contributed by atoms with van der Waals surface area (Å²) in [6.07, 6.45) is 8.49. The Morgan fingerprint density at radius 2 is 0.330 bits per heavy atom. The van der Waals surface area contributed by atoms with Gasteiger partial charge in [-0.3, -0.25) is 0 Å². The van der Waals surface area contributed by atoms with Gasteiger partial charge in [0.2, 0.25) is 0 Å². The monoisotopic (exact) mass is 1550 g/mol. The topological polar surface area (TPSA) is 113 Å². The largest absolute Gasteiger partial charge is 2.00 e. The molecule has 0 spiro atoms. The molecule has 0 N–H and O–H groups in total. The third-order valence-electron chi connectivity index (χ3n) is 18.2. The second-order valence-electron chi connectivity index (χ2n) is 25.6. The van der Waals surface area contributed by atoms with Crippen molar-refractivity contribution in [2.75, 3.05) is 0 Å². The number of aryl methyl sites for hydroxylation is 6. The maximum atomic E-state index is 5.27. The maximum absolute atomic E-state index is 5.27. The molecule has 100 heavy (non-hydrogen) atoms. The number of unbranched alkanes of at least 4 members (excludes halogenated alkanes) is 5. The molecule has 2 aliphatic heterocycles. The van der Waals surface area contributed by atoms with Crippen LogP contribution in [0.1, 0.15) is 187 Å². The van der Waals surface area contributed by atoms with Gasteiger partial charge in [-0.25, -0.2) is 0 Å². The molecule has 8 aromatic heterocycles. The van der Waals surface area contributed by atoms with E-state index in [-0.39, 0.29) is 72.6 Å². The molecule has 8 nitrogen and oxygen atoms in total. The van der Waals surface area contributed by atoms with Crippen LogP contribution in [0.5, 0.6) is 0 Å². The van der Waals surface area contributed by atoms with E-state index in [1.807, 2.05) is 0 Å². The zero-order valence-corrected chi connectivity index (χ0v) is 64.9. The van der Waals surface area contributed by atoms with Crippen molar-refractivity contribution in [3.8, 4) is 22.8 Å². The van der Waals surface area contributed by atoms with E-state index in [9.17, 15) is 0 Å². The van der Waals surface area contributed by atoms with Gasteiger partial charge < -0.3 is 64.7 Å². The smallest absolute Gasteiger partial charge is 1.00 e. The summed E-state index contributed by atoms with van der Waals surface area (Å²) >= 11 is 0. The first kappa shape index (κ1) is 73.7. The molecule has 16 bridgehead atoms. The number of hydrogen-bond donors (Lipinski definition) is 0. The standard InChI is InChI=1S/2C40H29N4.C8H18.2ClH.2Sn/c2*1-24-4-10-27(11-5-24)38-32-18-16-30(41-32)31-17-19-33(42-31)39(28-12-6-25(2)7-13-28)35-21-23-37(44-35)40(36-22-20-34(38)43-36)29-14-8-26(3)9-15-29;1-3-5-7-8-6-4-2;;;;/h2*4-23H,1-3H3;3-8H2,1-2H3;2*1H;;/q2*-1;;;;2*+2/p-2. The van der Waals surface area contributed by atoms with Crippen LogP contribution in [0.15, 0.2) is 243 Å². The van der Waals surface area contributed by atoms with Crippen LogP contribution >= 0.6 is 0 Å². The molecule has 16 rings (SSSR count). The van der Waals surface area contributed by atoms with Crippen LogP contribution in [0.2, 0.25) is 0 Å². The molecule has 14 aromatic rings. The minimum absolute atomic E-state index is 0. The minimum atomic E-state index is 0. The zero-order chi connectivity index (χ0) is 65.8. The molecule has 6 aromatic carbocycles. The van der Waals surface area contributed by atoms with E-state index in [0.717, 1.165) is 160 Å². The van der Waals surface area contributed by atoms with E-state index in [2.05, 4.69) is 298 Å². The summed E-state index contributed by atoms with van der Waals surface area (Å²) in [6.45, 7) is 17.1. The normalized spacial score (nSPS) is 12.0. The van der Waals surface area contributed by atoms with Gasteiger partial charge in [0.15, 0.2) is 0 Å². The van der Waals surface area contributed by atoms with Crippen LogP contribution in [0.25, 0.3) is 22.8 Å². The zero-order valence-electron chi connectivity index (χ0n) is 57.7. The van der Waals surface area contributed by atoms with Crippen molar-refractivity contribution in [1.82, 2.24) is 39.9 Å². The van der Waals surface area contributed by atoms with Crippen molar-refractivity contribution in [2.45, 2.75) is 93.9 Å². The summed E-state index contributed by atoms with van der Waals surface area (Å²) in [7, 11) is 0. The predicted molar refractivity (Wildman–Crippen MR) is 397 cm³/mol. The van der Waals surface area contributed by atoms with Crippen LogP contribution < -0.4 is 64.7 Å². The minimum Gasteiger partial charge on any atom is -1.00 e. The molecule has 0 aliphatic carbocycles. The number of aromatic nitrogens is 8. The molecule has 12 heteroatoms. The van der Waals surface area contributed by atoms with Crippen LogP contribution in [0.4, 0.5) is 0 Å². The van der Waals surface area contributed by atoms with Crippen molar-refractivity contribution in [1.29, 1.82) is 0 Å².